The third-order valence-corrected chi connectivity index (χ3v) is 5.75. The van der Waals surface area contributed by atoms with Crippen molar-refractivity contribution < 1.29 is 14.6 Å². The van der Waals surface area contributed by atoms with Crippen LogP contribution in [0.4, 0.5) is 0 Å². The van der Waals surface area contributed by atoms with Crippen molar-refractivity contribution in [1.82, 2.24) is 4.98 Å². The number of fused-ring (bicyclic) bond motifs is 1. The van der Waals surface area contributed by atoms with Gasteiger partial charge >= 0.3 is 0 Å². The maximum absolute atomic E-state index is 13.1. The quantitative estimate of drug-likeness (QED) is 0.376. The maximum atomic E-state index is 13.1. The summed E-state index contributed by atoms with van der Waals surface area (Å²) in [7, 11) is 0. The summed E-state index contributed by atoms with van der Waals surface area (Å²) in [4.78, 5) is 17.2. The first-order valence-electron chi connectivity index (χ1n) is 10.9. The van der Waals surface area contributed by atoms with Gasteiger partial charge in [0.05, 0.1) is 0 Å². The summed E-state index contributed by atoms with van der Waals surface area (Å²) in [6.07, 6.45) is 4.06. The molecule has 4 aromatic rings. The molecule has 4 nitrogen and oxygen atoms in total. The van der Waals surface area contributed by atoms with Crippen molar-refractivity contribution in [3.05, 3.63) is 108 Å². The van der Waals surface area contributed by atoms with Crippen LogP contribution in [0.3, 0.4) is 0 Å². The number of hydrogen-bond acceptors (Lipinski definition) is 4. The monoisotopic (exact) mass is 425 g/mol. The van der Waals surface area contributed by atoms with Gasteiger partial charge in [-0.15, -0.1) is 0 Å². The first kappa shape index (κ1) is 21.7. The molecule has 1 N–H and O–H groups in total. The Morgan fingerprint density at radius 2 is 1.72 bits per heavy atom. The zero-order chi connectivity index (χ0) is 22.3. The fourth-order valence-electron chi connectivity index (χ4n) is 3.96. The van der Waals surface area contributed by atoms with E-state index in [1.165, 1.54) is 0 Å². The van der Waals surface area contributed by atoms with Crippen LogP contribution in [0.25, 0.3) is 10.8 Å². The lowest BCUT2D eigenvalue weighted by atomic mass is 9.88. The number of aliphatic hydroxyl groups is 1. The normalized spacial score (nSPS) is 12.9. The van der Waals surface area contributed by atoms with Crippen LogP contribution in [0, 0.1) is 0 Å². The molecule has 3 aromatic carbocycles. The second-order valence-corrected chi connectivity index (χ2v) is 7.97. The van der Waals surface area contributed by atoms with Gasteiger partial charge in [0.25, 0.3) is 0 Å². The van der Waals surface area contributed by atoms with Crippen LogP contribution in [0.15, 0.2) is 91.3 Å². The SMILES string of the molecule is CCC(C(=O)Cc1ccc2cnccc2c1)c1ccc(OCC(O)c2ccccc2)cc1. The van der Waals surface area contributed by atoms with E-state index in [0.29, 0.717) is 12.2 Å². The van der Waals surface area contributed by atoms with E-state index < -0.39 is 6.10 Å². The predicted molar refractivity (Wildman–Crippen MR) is 127 cm³/mol. The molecular formula is C28H27NO3. The first-order chi connectivity index (χ1) is 15.6. The molecule has 0 aliphatic carbocycles. The lowest BCUT2D eigenvalue weighted by Crippen LogP contribution is -2.14. The first-order valence-corrected chi connectivity index (χ1v) is 10.9. The summed E-state index contributed by atoms with van der Waals surface area (Å²) in [5.74, 6) is 0.718. The molecule has 0 saturated heterocycles. The topological polar surface area (TPSA) is 59.4 Å². The van der Waals surface area contributed by atoms with Crippen molar-refractivity contribution >= 4 is 16.6 Å². The molecule has 1 aromatic heterocycles. The van der Waals surface area contributed by atoms with Crippen LogP contribution in [-0.2, 0) is 11.2 Å². The van der Waals surface area contributed by atoms with Crippen LogP contribution >= 0.6 is 0 Å². The van der Waals surface area contributed by atoms with Gasteiger partial charge < -0.3 is 9.84 Å². The van der Waals surface area contributed by atoms with Crippen molar-refractivity contribution in [1.29, 1.82) is 0 Å². The number of hydrogen-bond donors (Lipinski definition) is 1. The minimum absolute atomic E-state index is 0.160. The molecule has 0 bridgehead atoms. The van der Waals surface area contributed by atoms with Gasteiger partial charge in [0.2, 0.25) is 0 Å². The number of benzene rings is 3. The van der Waals surface area contributed by atoms with Crippen molar-refractivity contribution in [2.24, 2.45) is 0 Å². The van der Waals surface area contributed by atoms with Gasteiger partial charge in [0.1, 0.15) is 24.2 Å². The second kappa shape index (κ2) is 10.2. The number of rotatable bonds is 9. The number of pyridine rings is 1. The van der Waals surface area contributed by atoms with Crippen molar-refractivity contribution in [2.45, 2.75) is 31.8 Å². The number of ether oxygens (including phenoxy) is 1. The molecule has 0 amide bonds. The van der Waals surface area contributed by atoms with Gasteiger partial charge in [-0.2, -0.15) is 0 Å². The van der Waals surface area contributed by atoms with Crippen LogP contribution in [0.1, 0.15) is 42.1 Å². The summed E-state index contributed by atoms with van der Waals surface area (Å²) in [5.41, 5.74) is 2.83. The Morgan fingerprint density at radius 3 is 2.47 bits per heavy atom. The van der Waals surface area contributed by atoms with Crippen molar-refractivity contribution in [3.63, 3.8) is 0 Å². The molecule has 0 fully saturated rings. The zero-order valence-corrected chi connectivity index (χ0v) is 18.1. The lowest BCUT2D eigenvalue weighted by molar-refractivity contribution is -0.119. The Labute approximate surface area is 188 Å². The minimum Gasteiger partial charge on any atom is -0.491 e. The molecule has 4 heteroatoms. The van der Waals surface area contributed by atoms with E-state index in [-0.39, 0.29) is 18.3 Å². The highest BCUT2D eigenvalue weighted by molar-refractivity contribution is 5.89. The smallest absolute Gasteiger partial charge is 0.144 e. The van der Waals surface area contributed by atoms with Crippen LogP contribution in [-0.4, -0.2) is 22.5 Å². The average Bonchev–Trinajstić information content (AvgIpc) is 2.84. The van der Waals surface area contributed by atoms with Gasteiger partial charge in [0.15, 0.2) is 0 Å². The van der Waals surface area contributed by atoms with Crippen molar-refractivity contribution in [3.8, 4) is 5.75 Å². The van der Waals surface area contributed by atoms with E-state index in [1.54, 1.807) is 6.20 Å². The van der Waals surface area contributed by atoms with E-state index >= 15 is 0 Å². The lowest BCUT2D eigenvalue weighted by Gasteiger charge is -2.16. The van der Waals surface area contributed by atoms with Gasteiger partial charge in [-0.3, -0.25) is 9.78 Å². The summed E-state index contributed by atoms with van der Waals surface area (Å²) in [6, 6.07) is 25.1. The molecule has 0 aliphatic heterocycles. The van der Waals surface area contributed by atoms with Crippen LogP contribution in [0.2, 0.25) is 0 Å². The van der Waals surface area contributed by atoms with E-state index in [2.05, 4.69) is 11.1 Å². The second-order valence-electron chi connectivity index (χ2n) is 7.97. The molecule has 0 aliphatic rings. The van der Waals surface area contributed by atoms with Gasteiger partial charge in [-0.25, -0.2) is 0 Å². The fourth-order valence-corrected chi connectivity index (χ4v) is 3.96. The summed E-state index contributed by atoms with van der Waals surface area (Å²) in [5, 5.41) is 12.4. The predicted octanol–water partition coefficient (Wildman–Crippen LogP) is 5.65. The summed E-state index contributed by atoms with van der Waals surface area (Å²) < 4.78 is 5.75. The highest BCUT2D eigenvalue weighted by Gasteiger charge is 2.19. The number of carbonyl (C=O) groups is 1. The largest absolute Gasteiger partial charge is 0.491 e. The Hall–Kier alpha value is -3.50. The van der Waals surface area contributed by atoms with Gasteiger partial charge in [-0.05, 0) is 46.7 Å². The zero-order valence-electron chi connectivity index (χ0n) is 18.1. The van der Waals surface area contributed by atoms with Gasteiger partial charge in [0, 0.05) is 30.1 Å². The number of aliphatic hydroxyl groups excluding tert-OH is 1. The number of carbonyl (C=O) groups excluding carboxylic acids is 1. The van der Waals surface area contributed by atoms with Crippen LogP contribution in [0.5, 0.6) is 5.75 Å². The summed E-state index contributed by atoms with van der Waals surface area (Å²) in [6.45, 7) is 2.21. The Kier molecular flexibility index (Phi) is 6.93. The third-order valence-electron chi connectivity index (χ3n) is 5.75. The van der Waals surface area contributed by atoms with E-state index in [1.807, 2.05) is 85.9 Å². The molecule has 0 saturated carbocycles. The van der Waals surface area contributed by atoms with E-state index in [9.17, 15) is 9.90 Å². The maximum Gasteiger partial charge on any atom is 0.144 e. The minimum atomic E-state index is -0.682. The molecular weight excluding hydrogens is 398 g/mol. The molecule has 2 atom stereocenters. The molecule has 0 spiro atoms. The highest BCUT2D eigenvalue weighted by atomic mass is 16.5. The average molecular weight is 426 g/mol. The third kappa shape index (κ3) is 5.21. The molecule has 162 valence electrons. The Balaban J connectivity index is 1.39. The molecule has 1 heterocycles. The molecule has 2 unspecified atom stereocenters. The van der Waals surface area contributed by atoms with Crippen LogP contribution < -0.4 is 4.74 Å². The van der Waals surface area contributed by atoms with E-state index in [4.69, 9.17) is 4.74 Å². The number of ketones is 1. The number of aromatic nitrogens is 1. The van der Waals surface area contributed by atoms with E-state index in [0.717, 1.165) is 33.9 Å². The fraction of sp³-hybridized carbons (Fsp3) is 0.214. The van der Waals surface area contributed by atoms with Crippen molar-refractivity contribution in [2.75, 3.05) is 6.61 Å². The molecule has 32 heavy (non-hydrogen) atoms. The Morgan fingerprint density at radius 1 is 0.938 bits per heavy atom. The summed E-state index contributed by atoms with van der Waals surface area (Å²) >= 11 is 0. The number of nitrogens with zero attached hydrogens (tertiary/aromatic N) is 1. The molecule has 0 radical (unpaired) electrons. The number of Topliss-reactive ketones (excluding diaryl/α,β-unsaturated/α-hetero) is 1. The standard InChI is InChI=1S/C28H27NO3/c1-2-26(27(30)17-20-8-9-24-18-29-15-14-23(24)16-20)21-10-12-25(13-11-21)32-19-28(31)22-6-4-3-5-7-22/h3-16,18,26,28,31H,2,17,19H2,1H3. The van der Waals surface area contributed by atoms with Gasteiger partial charge in [-0.1, -0.05) is 67.6 Å². The molecule has 4 rings (SSSR count). The Bertz CT molecular complexity index is 1170. The highest BCUT2D eigenvalue weighted by Crippen LogP contribution is 2.26.